The number of ether oxygens (including phenoxy) is 1. The van der Waals surface area contributed by atoms with Crippen molar-refractivity contribution in [2.75, 3.05) is 13.7 Å². The minimum absolute atomic E-state index is 0.0932. The van der Waals surface area contributed by atoms with Gasteiger partial charge in [0.1, 0.15) is 11.5 Å². The molecule has 7 heteroatoms. The topological polar surface area (TPSA) is 81.8 Å². The number of hydrogen-bond acceptors (Lipinski definition) is 5. The summed E-state index contributed by atoms with van der Waals surface area (Å²) in [5, 5.41) is 0. The van der Waals surface area contributed by atoms with E-state index >= 15 is 0 Å². The third kappa shape index (κ3) is 4.13. The summed E-state index contributed by atoms with van der Waals surface area (Å²) in [4.78, 5) is 39.1. The summed E-state index contributed by atoms with van der Waals surface area (Å²) in [7, 11) is 3.02. The summed E-state index contributed by atoms with van der Waals surface area (Å²) in [5.74, 6) is -0.511. The quantitative estimate of drug-likeness (QED) is 0.550. The zero-order chi connectivity index (χ0) is 20.3. The van der Waals surface area contributed by atoms with Gasteiger partial charge >= 0.3 is 5.97 Å². The highest BCUT2D eigenvalue weighted by atomic mass is 16.5. The number of methoxy groups -OCH3 is 1. The van der Waals surface area contributed by atoms with Crippen LogP contribution < -0.4 is 0 Å². The molecule has 0 fully saturated rings. The molecular weight excluding hydrogens is 348 g/mol. The van der Waals surface area contributed by atoms with Crippen LogP contribution in [0.15, 0.2) is 22.8 Å². The molecule has 146 valence electrons. The molecule has 0 aliphatic carbocycles. The summed E-state index contributed by atoms with van der Waals surface area (Å²) in [6.07, 6.45) is 1.53. The number of rotatable bonds is 7. The van der Waals surface area contributed by atoms with Gasteiger partial charge in [-0.3, -0.25) is 9.59 Å². The predicted octanol–water partition coefficient (Wildman–Crippen LogP) is 2.89. The number of Topliss-reactive ketones (excluding diaryl/α,β-unsaturated/α-hetero) is 1. The third-order valence-corrected chi connectivity index (χ3v) is 4.65. The Morgan fingerprint density at radius 1 is 1.26 bits per heavy atom. The maximum atomic E-state index is 13.0. The van der Waals surface area contributed by atoms with Gasteiger partial charge in [0.2, 0.25) is 5.91 Å². The maximum Gasteiger partial charge on any atom is 0.354 e. The van der Waals surface area contributed by atoms with E-state index in [1.165, 1.54) is 18.3 Å². The molecule has 0 unspecified atom stereocenters. The molecule has 2 heterocycles. The van der Waals surface area contributed by atoms with Crippen LogP contribution in [0.5, 0.6) is 0 Å². The van der Waals surface area contributed by atoms with E-state index in [0.29, 0.717) is 28.3 Å². The minimum atomic E-state index is -0.497. The van der Waals surface area contributed by atoms with Crippen molar-refractivity contribution in [1.82, 2.24) is 9.47 Å². The number of nitrogens with zero attached hydrogens (tertiary/aromatic N) is 2. The van der Waals surface area contributed by atoms with Gasteiger partial charge in [0.25, 0.3) is 0 Å². The summed E-state index contributed by atoms with van der Waals surface area (Å²) in [5.41, 5.74) is 2.00. The fraction of sp³-hybridized carbons (Fsp3) is 0.450. The lowest BCUT2D eigenvalue weighted by atomic mass is 10.0. The van der Waals surface area contributed by atoms with Gasteiger partial charge in [-0.1, -0.05) is 13.8 Å². The molecule has 2 aromatic heterocycles. The average molecular weight is 374 g/mol. The zero-order valence-electron chi connectivity index (χ0n) is 16.7. The molecule has 7 nitrogen and oxygen atoms in total. The number of esters is 1. The van der Waals surface area contributed by atoms with Crippen molar-refractivity contribution in [3.63, 3.8) is 0 Å². The predicted molar refractivity (Wildman–Crippen MR) is 99.5 cm³/mol. The fourth-order valence-electron chi connectivity index (χ4n) is 3.19. The van der Waals surface area contributed by atoms with Gasteiger partial charge in [0.05, 0.1) is 26.5 Å². The number of carbonyl (C=O) groups is 3. The first-order valence-corrected chi connectivity index (χ1v) is 8.77. The Kier molecular flexibility index (Phi) is 6.25. The zero-order valence-corrected chi connectivity index (χ0v) is 16.7. The van der Waals surface area contributed by atoms with Crippen LogP contribution in [0.4, 0.5) is 0 Å². The number of hydrogen-bond donors (Lipinski definition) is 0. The Morgan fingerprint density at radius 2 is 1.93 bits per heavy atom. The second-order valence-corrected chi connectivity index (χ2v) is 6.84. The molecule has 0 saturated heterocycles. The highest BCUT2D eigenvalue weighted by Crippen LogP contribution is 2.23. The molecule has 27 heavy (non-hydrogen) atoms. The molecule has 1 amide bonds. The van der Waals surface area contributed by atoms with Crippen LogP contribution in [-0.2, 0) is 23.1 Å². The first kappa shape index (κ1) is 20.5. The van der Waals surface area contributed by atoms with Crippen LogP contribution in [0.25, 0.3) is 0 Å². The van der Waals surface area contributed by atoms with E-state index in [-0.39, 0.29) is 30.7 Å². The molecule has 0 aromatic carbocycles. The third-order valence-electron chi connectivity index (χ3n) is 4.65. The van der Waals surface area contributed by atoms with E-state index < -0.39 is 5.97 Å². The molecule has 0 radical (unpaired) electrons. The molecule has 0 spiro atoms. The van der Waals surface area contributed by atoms with Crippen LogP contribution in [0, 0.1) is 19.8 Å². The van der Waals surface area contributed by atoms with E-state index in [4.69, 9.17) is 9.15 Å². The van der Waals surface area contributed by atoms with Crippen molar-refractivity contribution in [1.29, 1.82) is 0 Å². The molecule has 2 aromatic rings. The van der Waals surface area contributed by atoms with E-state index in [1.807, 2.05) is 0 Å². The van der Waals surface area contributed by atoms with Gasteiger partial charge in [-0.2, -0.15) is 0 Å². The van der Waals surface area contributed by atoms with Gasteiger partial charge in [-0.05, 0) is 31.5 Å². The van der Waals surface area contributed by atoms with Crippen LogP contribution in [0.3, 0.4) is 0 Å². The van der Waals surface area contributed by atoms with Crippen LogP contribution in [0.2, 0.25) is 0 Å². The standard InChI is InChI=1S/C20H26N2O5/c1-12(2)19(24)22(10-15-8-7-9-27-15)11-16(23)17-13(3)18(20(25)26-6)21(5)14(17)4/h7-9,12H,10-11H2,1-6H3. The van der Waals surface area contributed by atoms with Crippen molar-refractivity contribution in [3.8, 4) is 0 Å². The second-order valence-electron chi connectivity index (χ2n) is 6.84. The normalized spacial score (nSPS) is 10.9. The Labute approximate surface area is 158 Å². The Morgan fingerprint density at radius 3 is 2.44 bits per heavy atom. The van der Waals surface area contributed by atoms with Gasteiger partial charge in [0, 0.05) is 24.2 Å². The molecule has 2 rings (SSSR count). The largest absolute Gasteiger partial charge is 0.467 e. The van der Waals surface area contributed by atoms with E-state index in [0.717, 1.165) is 0 Å². The van der Waals surface area contributed by atoms with Gasteiger partial charge in [0.15, 0.2) is 5.78 Å². The second kappa shape index (κ2) is 8.24. The minimum Gasteiger partial charge on any atom is -0.467 e. The lowest BCUT2D eigenvalue weighted by Gasteiger charge is -2.23. The van der Waals surface area contributed by atoms with E-state index in [2.05, 4.69) is 0 Å². The number of amides is 1. The molecular formula is C20H26N2O5. The van der Waals surface area contributed by atoms with Crippen molar-refractivity contribution in [3.05, 3.63) is 46.7 Å². The highest BCUT2D eigenvalue weighted by Gasteiger charge is 2.28. The van der Waals surface area contributed by atoms with Gasteiger partial charge < -0.3 is 18.6 Å². The number of furan rings is 1. The Bertz CT molecular complexity index is 846. The summed E-state index contributed by atoms with van der Waals surface area (Å²) in [6, 6.07) is 3.50. The molecule has 0 saturated carbocycles. The lowest BCUT2D eigenvalue weighted by Crippen LogP contribution is -2.38. The van der Waals surface area contributed by atoms with Crippen molar-refractivity contribution < 1.29 is 23.5 Å². The monoisotopic (exact) mass is 374 g/mol. The van der Waals surface area contributed by atoms with Crippen molar-refractivity contribution in [2.45, 2.75) is 34.2 Å². The molecule has 0 aliphatic heterocycles. The lowest BCUT2D eigenvalue weighted by molar-refractivity contribution is -0.134. The van der Waals surface area contributed by atoms with Crippen molar-refractivity contribution in [2.24, 2.45) is 13.0 Å². The summed E-state index contributed by atoms with van der Waals surface area (Å²) in [6.45, 7) is 7.18. The first-order valence-electron chi connectivity index (χ1n) is 8.77. The van der Waals surface area contributed by atoms with Crippen LogP contribution in [-0.4, -0.2) is 40.8 Å². The highest BCUT2D eigenvalue weighted by molar-refractivity contribution is 6.04. The molecule has 0 atom stereocenters. The summed E-state index contributed by atoms with van der Waals surface area (Å²) >= 11 is 0. The number of carbonyl (C=O) groups excluding carboxylic acids is 3. The molecule has 0 aliphatic rings. The SMILES string of the molecule is COC(=O)c1c(C)c(C(=O)CN(Cc2ccco2)C(=O)C(C)C)c(C)n1C. The maximum absolute atomic E-state index is 13.0. The van der Waals surface area contributed by atoms with E-state index in [9.17, 15) is 14.4 Å². The van der Waals surface area contributed by atoms with Crippen LogP contribution >= 0.6 is 0 Å². The average Bonchev–Trinajstić information content (AvgIpc) is 3.20. The van der Waals surface area contributed by atoms with Crippen molar-refractivity contribution >= 4 is 17.7 Å². The Hall–Kier alpha value is -2.83. The number of ketones is 1. The van der Waals surface area contributed by atoms with Crippen LogP contribution in [0.1, 0.15) is 51.7 Å². The number of aromatic nitrogens is 1. The smallest absolute Gasteiger partial charge is 0.354 e. The van der Waals surface area contributed by atoms with Gasteiger partial charge in [-0.15, -0.1) is 0 Å². The Balaban J connectivity index is 2.35. The summed E-state index contributed by atoms with van der Waals surface area (Å²) < 4.78 is 11.8. The molecule has 0 bridgehead atoms. The van der Waals surface area contributed by atoms with Gasteiger partial charge in [-0.25, -0.2) is 4.79 Å². The first-order chi connectivity index (χ1) is 12.7. The van der Waals surface area contributed by atoms with E-state index in [1.54, 1.807) is 51.4 Å². The molecule has 0 N–H and O–H groups in total. The fourth-order valence-corrected chi connectivity index (χ4v) is 3.19.